The average Bonchev–Trinajstić information content (AvgIpc) is 3.10. The Labute approximate surface area is 174 Å². The maximum absolute atomic E-state index is 13.2. The molecule has 5 heteroatoms. The van der Waals surface area contributed by atoms with Gasteiger partial charge in [0.15, 0.2) is 0 Å². The quantitative estimate of drug-likeness (QED) is 0.644. The largest absolute Gasteiger partial charge is 0.449 e. The Balaban J connectivity index is 1.35. The van der Waals surface area contributed by atoms with Gasteiger partial charge < -0.3 is 15.2 Å². The number of ether oxygens (including phenoxy) is 1. The maximum Gasteiger partial charge on any atom is 0.407 e. The fraction of sp³-hybridized carbons (Fsp3) is 0.160. The number of aliphatic hydroxyl groups excluding tert-OH is 1. The molecule has 30 heavy (non-hydrogen) atoms. The number of nitrogens with one attached hydrogen (secondary N) is 1. The minimum absolute atomic E-state index is 0.000520. The summed E-state index contributed by atoms with van der Waals surface area (Å²) in [4.78, 5) is 12.1. The molecule has 0 fully saturated rings. The van der Waals surface area contributed by atoms with Gasteiger partial charge in [0.05, 0.1) is 13.2 Å². The van der Waals surface area contributed by atoms with Crippen molar-refractivity contribution in [3.63, 3.8) is 0 Å². The van der Waals surface area contributed by atoms with E-state index in [9.17, 15) is 14.3 Å². The first kappa shape index (κ1) is 19.7. The second kappa shape index (κ2) is 8.81. The molecule has 0 heterocycles. The molecule has 1 amide bonds. The average molecular weight is 401 g/mol. The second-order valence-electron chi connectivity index (χ2n) is 6.94. The number of benzene rings is 3. The fourth-order valence-corrected chi connectivity index (χ4v) is 3.72. The van der Waals surface area contributed by atoms with Crippen LogP contribution in [0.4, 0.5) is 9.18 Å². The van der Waals surface area contributed by atoms with Gasteiger partial charge in [0.1, 0.15) is 12.4 Å². The van der Waals surface area contributed by atoms with E-state index in [0.717, 1.165) is 11.1 Å². The van der Waals surface area contributed by atoms with Crippen LogP contribution in [0.5, 0.6) is 0 Å². The van der Waals surface area contributed by atoms with Crippen molar-refractivity contribution in [1.82, 2.24) is 5.32 Å². The van der Waals surface area contributed by atoms with Crippen LogP contribution in [0.2, 0.25) is 0 Å². The van der Waals surface area contributed by atoms with Gasteiger partial charge in [0, 0.05) is 11.5 Å². The molecule has 0 saturated heterocycles. The Kier molecular flexibility index (Phi) is 5.78. The highest BCUT2D eigenvalue weighted by molar-refractivity contribution is 5.79. The van der Waals surface area contributed by atoms with E-state index >= 15 is 0 Å². The molecular formula is C25H20FNO3. The van der Waals surface area contributed by atoms with Crippen LogP contribution in [-0.2, 0) is 11.3 Å². The summed E-state index contributed by atoms with van der Waals surface area (Å²) in [5, 5.41) is 11.9. The summed E-state index contributed by atoms with van der Waals surface area (Å²) in [6.07, 6.45) is -0.548. The number of hydrogen-bond donors (Lipinski definition) is 2. The Morgan fingerprint density at radius 2 is 1.70 bits per heavy atom. The lowest BCUT2D eigenvalue weighted by Gasteiger charge is -2.14. The van der Waals surface area contributed by atoms with E-state index in [1.54, 1.807) is 0 Å². The van der Waals surface area contributed by atoms with Gasteiger partial charge in [-0.1, -0.05) is 60.4 Å². The monoisotopic (exact) mass is 401 g/mol. The van der Waals surface area contributed by atoms with E-state index < -0.39 is 11.9 Å². The minimum Gasteiger partial charge on any atom is -0.449 e. The summed E-state index contributed by atoms with van der Waals surface area (Å²) in [5.41, 5.74) is 5.58. The molecule has 0 bridgehead atoms. The molecule has 0 aliphatic heterocycles. The number of halogens is 1. The zero-order valence-electron chi connectivity index (χ0n) is 16.2. The van der Waals surface area contributed by atoms with Crippen LogP contribution >= 0.6 is 0 Å². The summed E-state index contributed by atoms with van der Waals surface area (Å²) in [7, 11) is 0. The van der Waals surface area contributed by atoms with Gasteiger partial charge in [0.25, 0.3) is 0 Å². The van der Waals surface area contributed by atoms with Crippen LogP contribution in [0.15, 0.2) is 66.7 Å². The van der Waals surface area contributed by atoms with Gasteiger partial charge in [-0.25, -0.2) is 9.18 Å². The van der Waals surface area contributed by atoms with E-state index in [2.05, 4.69) is 41.4 Å². The minimum atomic E-state index is -0.548. The Bertz CT molecular complexity index is 1100. The molecule has 0 saturated carbocycles. The van der Waals surface area contributed by atoms with Gasteiger partial charge in [-0.05, 0) is 46.0 Å². The third-order valence-corrected chi connectivity index (χ3v) is 5.13. The van der Waals surface area contributed by atoms with E-state index in [1.807, 2.05) is 24.3 Å². The number of aliphatic hydroxyl groups is 1. The summed E-state index contributed by atoms with van der Waals surface area (Å²) in [6, 6.07) is 20.3. The molecule has 0 radical (unpaired) electrons. The highest BCUT2D eigenvalue weighted by atomic mass is 19.1. The van der Waals surface area contributed by atoms with Gasteiger partial charge in [-0.2, -0.15) is 0 Å². The van der Waals surface area contributed by atoms with Crippen LogP contribution in [0.3, 0.4) is 0 Å². The molecule has 150 valence electrons. The van der Waals surface area contributed by atoms with Crippen LogP contribution in [-0.4, -0.2) is 24.4 Å². The molecular weight excluding hydrogens is 381 g/mol. The van der Waals surface area contributed by atoms with Gasteiger partial charge in [-0.15, -0.1) is 0 Å². The van der Waals surface area contributed by atoms with Crippen LogP contribution in [0, 0.1) is 17.7 Å². The molecule has 4 rings (SSSR count). The van der Waals surface area contributed by atoms with Crippen molar-refractivity contribution in [2.75, 3.05) is 13.2 Å². The number of fused-ring (bicyclic) bond motifs is 3. The summed E-state index contributed by atoms with van der Waals surface area (Å²) >= 11 is 0. The predicted octanol–water partition coefficient (Wildman–Crippen LogP) is 4.21. The highest BCUT2D eigenvalue weighted by Crippen LogP contribution is 2.44. The van der Waals surface area contributed by atoms with Crippen molar-refractivity contribution in [1.29, 1.82) is 0 Å². The molecule has 1 aliphatic rings. The van der Waals surface area contributed by atoms with E-state index in [0.29, 0.717) is 11.1 Å². The number of amides is 1. The zero-order chi connectivity index (χ0) is 20.9. The van der Waals surface area contributed by atoms with Crippen molar-refractivity contribution in [2.45, 2.75) is 12.5 Å². The normalized spacial score (nSPS) is 11.8. The molecule has 3 aromatic rings. The van der Waals surface area contributed by atoms with Crippen molar-refractivity contribution in [3.05, 3.63) is 94.8 Å². The van der Waals surface area contributed by atoms with Gasteiger partial charge in [0.2, 0.25) is 0 Å². The number of carbonyl (C=O) groups is 1. The summed E-state index contributed by atoms with van der Waals surface area (Å²) in [6.45, 7) is 0.0143. The van der Waals surface area contributed by atoms with Crippen molar-refractivity contribution >= 4 is 6.09 Å². The predicted molar refractivity (Wildman–Crippen MR) is 112 cm³/mol. The Morgan fingerprint density at radius 1 is 1.03 bits per heavy atom. The molecule has 4 nitrogen and oxygen atoms in total. The molecule has 3 aromatic carbocycles. The van der Waals surface area contributed by atoms with E-state index in [4.69, 9.17) is 4.74 Å². The first-order chi connectivity index (χ1) is 14.7. The zero-order valence-corrected chi connectivity index (χ0v) is 16.2. The third kappa shape index (κ3) is 4.05. The molecule has 2 N–H and O–H groups in total. The summed E-state index contributed by atoms with van der Waals surface area (Å²) < 4.78 is 18.6. The van der Waals surface area contributed by atoms with Crippen molar-refractivity contribution < 1.29 is 19.0 Å². The number of rotatable bonds is 4. The van der Waals surface area contributed by atoms with E-state index in [1.165, 1.54) is 29.3 Å². The molecule has 0 atom stereocenters. The Morgan fingerprint density at radius 3 is 2.37 bits per heavy atom. The molecule has 1 aliphatic carbocycles. The second-order valence-corrected chi connectivity index (χ2v) is 6.94. The lowest BCUT2D eigenvalue weighted by atomic mass is 9.98. The first-order valence-corrected chi connectivity index (χ1v) is 9.64. The van der Waals surface area contributed by atoms with E-state index in [-0.39, 0.29) is 25.7 Å². The smallest absolute Gasteiger partial charge is 0.407 e. The lowest BCUT2D eigenvalue weighted by molar-refractivity contribution is 0.144. The maximum atomic E-state index is 13.2. The van der Waals surface area contributed by atoms with Crippen LogP contribution < -0.4 is 5.32 Å². The standard InChI is InChI=1S/C25H20FNO3/c26-19-12-11-17(18(14-19)15-28)6-5-13-27-25(29)30-16-24-22-9-3-1-7-20(22)21-8-2-4-10-23(21)24/h1-4,7-12,14,24,28H,13,15-16H2,(H,27,29). The number of carbonyl (C=O) groups excluding carboxylic acids is 1. The van der Waals surface area contributed by atoms with Crippen molar-refractivity contribution in [2.24, 2.45) is 0 Å². The van der Waals surface area contributed by atoms with Crippen LogP contribution in [0.1, 0.15) is 28.2 Å². The third-order valence-electron chi connectivity index (χ3n) is 5.13. The summed E-state index contributed by atoms with van der Waals surface area (Å²) in [5.74, 6) is 5.18. The topological polar surface area (TPSA) is 58.6 Å². The van der Waals surface area contributed by atoms with Crippen LogP contribution in [0.25, 0.3) is 11.1 Å². The Hall–Kier alpha value is -3.62. The molecule has 0 aromatic heterocycles. The number of alkyl carbamates (subject to hydrolysis) is 1. The van der Waals surface area contributed by atoms with Gasteiger partial charge >= 0.3 is 6.09 Å². The SMILES string of the molecule is O=C(NCC#Cc1ccc(F)cc1CO)OCC1c2ccccc2-c2ccccc21. The van der Waals surface area contributed by atoms with Gasteiger partial charge in [-0.3, -0.25) is 0 Å². The molecule has 0 spiro atoms. The molecule has 0 unspecified atom stereocenters. The highest BCUT2D eigenvalue weighted by Gasteiger charge is 2.28. The fourth-order valence-electron chi connectivity index (χ4n) is 3.72. The first-order valence-electron chi connectivity index (χ1n) is 9.64. The lowest BCUT2D eigenvalue weighted by Crippen LogP contribution is -2.26. The van der Waals surface area contributed by atoms with Crippen molar-refractivity contribution in [3.8, 4) is 23.0 Å². The number of hydrogen-bond acceptors (Lipinski definition) is 3.